The molecule has 0 bridgehead atoms. The number of carbonyl (C=O) groups excluding carboxylic acids is 1. The van der Waals surface area contributed by atoms with Gasteiger partial charge in [-0.05, 0) is 43.9 Å². The Balaban J connectivity index is 1.52. The molecule has 0 aliphatic carbocycles. The topological polar surface area (TPSA) is 80.6 Å². The van der Waals surface area contributed by atoms with Gasteiger partial charge in [0, 0.05) is 45.8 Å². The molecule has 30 heavy (non-hydrogen) atoms. The summed E-state index contributed by atoms with van der Waals surface area (Å²) in [5.41, 5.74) is 0.925. The van der Waals surface area contributed by atoms with Crippen LogP contribution in [0.5, 0.6) is 11.5 Å². The molecule has 8 nitrogen and oxygen atoms in total. The third kappa shape index (κ3) is 6.01. The Morgan fingerprint density at radius 3 is 2.47 bits per heavy atom. The van der Waals surface area contributed by atoms with Crippen LogP contribution in [0.4, 0.5) is 0 Å². The second-order valence-electron chi connectivity index (χ2n) is 7.88. The highest BCUT2D eigenvalue weighted by atomic mass is 16.5. The molecule has 0 saturated carbocycles. The number of piperidine rings is 1. The van der Waals surface area contributed by atoms with Crippen molar-refractivity contribution in [2.24, 2.45) is 4.99 Å². The minimum Gasteiger partial charge on any atom is -0.504 e. The van der Waals surface area contributed by atoms with Gasteiger partial charge in [-0.3, -0.25) is 9.69 Å². The molecule has 2 heterocycles. The van der Waals surface area contributed by atoms with Crippen LogP contribution in [0.25, 0.3) is 0 Å². The van der Waals surface area contributed by atoms with Gasteiger partial charge in [0.15, 0.2) is 17.5 Å². The lowest BCUT2D eigenvalue weighted by Crippen LogP contribution is -2.54. The van der Waals surface area contributed by atoms with E-state index in [0.717, 1.165) is 70.2 Å². The van der Waals surface area contributed by atoms with Gasteiger partial charge in [0.2, 0.25) is 5.91 Å². The maximum atomic E-state index is 12.5. The summed E-state index contributed by atoms with van der Waals surface area (Å²) in [6.07, 6.45) is 3.51. The Bertz CT molecular complexity index is 725. The number of hydrogen-bond donors (Lipinski definition) is 2. The fourth-order valence-corrected chi connectivity index (χ4v) is 3.98. The molecule has 2 saturated heterocycles. The first kappa shape index (κ1) is 22.2. The van der Waals surface area contributed by atoms with Gasteiger partial charge in [0.05, 0.1) is 20.2 Å². The third-order valence-corrected chi connectivity index (χ3v) is 5.73. The fraction of sp³-hybridized carbons (Fsp3) is 0.636. The van der Waals surface area contributed by atoms with E-state index in [-0.39, 0.29) is 11.7 Å². The molecule has 166 valence electrons. The molecule has 0 spiro atoms. The van der Waals surface area contributed by atoms with Crippen molar-refractivity contribution in [3.8, 4) is 11.5 Å². The maximum Gasteiger partial charge on any atom is 0.236 e. The molecule has 1 amide bonds. The lowest BCUT2D eigenvalue weighted by atomic mass is 10.1. The number of carbonyl (C=O) groups is 1. The van der Waals surface area contributed by atoms with Crippen molar-refractivity contribution < 1.29 is 14.6 Å². The molecule has 3 rings (SSSR count). The molecule has 0 unspecified atom stereocenters. The van der Waals surface area contributed by atoms with E-state index in [1.54, 1.807) is 12.1 Å². The predicted molar refractivity (Wildman–Crippen MR) is 118 cm³/mol. The first-order valence-corrected chi connectivity index (χ1v) is 11.0. The molecule has 1 aromatic rings. The first-order chi connectivity index (χ1) is 14.6. The molecular formula is C22H35N5O3. The lowest BCUT2D eigenvalue weighted by Gasteiger charge is -2.37. The first-order valence-electron chi connectivity index (χ1n) is 11.0. The number of aromatic hydroxyl groups is 1. The quantitative estimate of drug-likeness (QED) is 0.539. The van der Waals surface area contributed by atoms with E-state index in [1.807, 2.05) is 11.0 Å². The third-order valence-electron chi connectivity index (χ3n) is 5.73. The number of nitrogens with one attached hydrogen (secondary N) is 1. The number of rotatable bonds is 6. The normalized spacial score (nSPS) is 18.4. The Morgan fingerprint density at radius 2 is 1.83 bits per heavy atom. The summed E-state index contributed by atoms with van der Waals surface area (Å²) in [5.74, 6) is 1.73. The van der Waals surface area contributed by atoms with Crippen LogP contribution in [0.15, 0.2) is 23.2 Å². The summed E-state index contributed by atoms with van der Waals surface area (Å²) in [5, 5.41) is 13.3. The van der Waals surface area contributed by atoms with Crippen molar-refractivity contribution in [1.82, 2.24) is 20.0 Å². The minimum atomic E-state index is 0.127. The highest BCUT2D eigenvalue weighted by molar-refractivity contribution is 5.80. The van der Waals surface area contributed by atoms with Crippen LogP contribution in [-0.4, -0.2) is 91.1 Å². The SMILES string of the molecule is CCNC(=NCc1ccc(OC)c(O)c1)N1CCN(CC(=O)N2CCCCC2)CC1. The molecular weight excluding hydrogens is 382 g/mol. The molecule has 8 heteroatoms. The summed E-state index contributed by atoms with van der Waals surface area (Å²) in [6, 6.07) is 5.36. The Morgan fingerprint density at radius 1 is 1.10 bits per heavy atom. The largest absolute Gasteiger partial charge is 0.504 e. The number of piperazine rings is 1. The molecule has 0 radical (unpaired) electrons. The number of methoxy groups -OCH3 is 1. The van der Waals surface area contributed by atoms with Crippen molar-refractivity contribution >= 4 is 11.9 Å². The standard InChI is InChI=1S/C22H35N5O3/c1-3-23-22(24-16-18-7-8-20(30-2)19(28)15-18)27-13-11-25(12-14-27)17-21(29)26-9-5-4-6-10-26/h7-8,15,28H,3-6,9-14,16-17H2,1-2H3,(H,23,24). The molecule has 2 N–H and O–H groups in total. The summed E-state index contributed by atoms with van der Waals surface area (Å²) in [7, 11) is 1.54. The summed E-state index contributed by atoms with van der Waals surface area (Å²) >= 11 is 0. The van der Waals surface area contributed by atoms with Crippen LogP contribution < -0.4 is 10.1 Å². The molecule has 2 aliphatic rings. The average Bonchev–Trinajstić information content (AvgIpc) is 2.78. The number of amides is 1. The zero-order valence-corrected chi connectivity index (χ0v) is 18.3. The number of aliphatic imine (C=N–C) groups is 1. The molecule has 0 atom stereocenters. The number of guanidine groups is 1. The van der Waals surface area contributed by atoms with Crippen LogP contribution in [0.3, 0.4) is 0 Å². The van der Waals surface area contributed by atoms with Crippen LogP contribution >= 0.6 is 0 Å². The summed E-state index contributed by atoms with van der Waals surface area (Å²) in [6.45, 7) is 9.07. The van der Waals surface area contributed by atoms with Crippen molar-refractivity contribution in [3.63, 3.8) is 0 Å². The smallest absolute Gasteiger partial charge is 0.236 e. The van der Waals surface area contributed by atoms with Crippen LogP contribution in [0.1, 0.15) is 31.7 Å². The van der Waals surface area contributed by atoms with Gasteiger partial charge in [-0.25, -0.2) is 4.99 Å². The Hall–Kier alpha value is -2.48. The Labute approximate surface area is 179 Å². The van der Waals surface area contributed by atoms with Crippen molar-refractivity contribution in [3.05, 3.63) is 23.8 Å². The molecule has 2 fully saturated rings. The molecule has 2 aliphatic heterocycles. The van der Waals surface area contributed by atoms with Gasteiger partial charge in [0.25, 0.3) is 0 Å². The van der Waals surface area contributed by atoms with Gasteiger partial charge < -0.3 is 25.0 Å². The highest BCUT2D eigenvalue weighted by Gasteiger charge is 2.24. The van der Waals surface area contributed by atoms with Crippen LogP contribution in [-0.2, 0) is 11.3 Å². The monoisotopic (exact) mass is 417 g/mol. The van der Waals surface area contributed by atoms with E-state index in [0.29, 0.717) is 18.8 Å². The van der Waals surface area contributed by atoms with Gasteiger partial charge in [0.1, 0.15) is 0 Å². The number of hydrogen-bond acceptors (Lipinski definition) is 5. The molecule has 1 aromatic carbocycles. The number of phenolic OH excluding ortho intramolecular Hbond substituents is 1. The molecule has 0 aromatic heterocycles. The van der Waals surface area contributed by atoms with Crippen molar-refractivity contribution in [2.75, 3.05) is 59.5 Å². The van der Waals surface area contributed by atoms with Crippen molar-refractivity contribution in [2.45, 2.75) is 32.7 Å². The van der Waals surface area contributed by atoms with Crippen molar-refractivity contribution in [1.29, 1.82) is 0 Å². The van der Waals surface area contributed by atoms with E-state index in [4.69, 9.17) is 9.73 Å². The fourth-order valence-electron chi connectivity index (χ4n) is 3.98. The average molecular weight is 418 g/mol. The van der Waals surface area contributed by atoms with Crippen LogP contribution in [0.2, 0.25) is 0 Å². The van der Waals surface area contributed by atoms with E-state index in [9.17, 15) is 9.90 Å². The lowest BCUT2D eigenvalue weighted by molar-refractivity contribution is -0.133. The number of ether oxygens (including phenoxy) is 1. The van der Waals surface area contributed by atoms with Gasteiger partial charge in [-0.15, -0.1) is 0 Å². The predicted octanol–water partition coefficient (Wildman–Crippen LogP) is 1.50. The van der Waals surface area contributed by atoms with E-state index in [2.05, 4.69) is 22.0 Å². The summed E-state index contributed by atoms with van der Waals surface area (Å²) in [4.78, 5) is 23.8. The van der Waals surface area contributed by atoms with Gasteiger partial charge in [-0.1, -0.05) is 6.07 Å². The second-order valence-corrected chi connectivity index (χ2v) is 7.88. The van der Waals surface area contributed by atoms with Crippen LogP contribution in [0, 0.1) is 0 Å². The van der Waals surface area contributed by atoms with E-state index >= 15 is 0 Å². The highest BCUT2D eigenvalue weighted by Crippen LogP contribution is 2.26. The second kappa shape index (κ2) is 11.1. The Kier molecular flexibility index (Phi) is 8.19. The number of phenols is 1. The summed E-state index contributed by atoms with van der Waals surface area (Å²) < 4.78 is 5.10. The number of nitrogens with zero attached hydrogens (tertiary/aromatic N) is 4. The van der Waals surface area contributed by atoms with E-state index in [1.165, 1.54) is 13.5 Å². The van der Waals surface area contributed by atoms with E-state index < -0.39 is 0 Å². The zero-order valence-electron chi connectivity index (χ0n) is 18.3. The number of benzene rings is 1. The van der Waals surface area contributed by atoms with Gasteiger partial charge in [-0.2, -0.15) is 0 Å². The minimum absolute atomic E-state index is 0.127. The van der Waals surface area contributed by atoms with Gasteiger partial charge >= 0.3 is 0 Å². The number of likely N-dealkylation sites (tertiary alicyclic amines) is 1. The zero-order chi connectivity index (χ0) is 21.3. The maximum absolute atomic E-state index is 12.5.